The van der Waals surface area contributed by atoms with Gasteiger partial charge in [-0.2, -0.15) is 0 Å². The van der Waals surface area contributed by atoms with Gasteiger partial charge in [-0.3, -0.25) is 0 Å². The molecule has 4 heteroatoms. The highest BCUT2D eigenvalue weighted by Crippen LogP contribution is 2.19. The van der Waals surface area contributed by atoms with Gasteiger partial charge in [-0.1, -0.05) is 0 Å². The van der Waals surface area contributed by atoms with Crippen molar-refractivity contribution in [3.8, 4) is 0 Å². The number of hydrazine groups is 1. The first kappa shape index (κ1) is 6.54. The summed E-state index contributed by atoms with van der Waals surface area (Å²) < 4.78 is 0. The van der Waals surface area contributed by atoms with Crippen LogP contribution in [0.4, 0.5) is 0 Å². The zero-order chi connectivity index (χ0) is 7.02. The van der Waals surface area contributed by atoms with Crippen LogP contribution in [0, 0.1) is 0 Å². The molecule has 1 aliphatic heterocycles. The predicted octanol–water partition coefficient (Wildman–Crippen LogP) is -0.280. The second kappa shape index (κ2) is 1.98. The summed E-state index contributed by atoms with van der Waals surface area (Å²) in [5.41, 5.74) is 0.762. The summed E-state index contributed by atoms with van der Waals surface area (Å²) in [7, 11) is 0. The number of aliphatic hydroxyl groups excluding tert-OH is 1. The molecule has 52 valence electrons. The number of aliphatic hydroxyl groups is 1. The molecule has 0 radical (unpaired) electrons. The number of hydroxylamine groups is 1. The van der Waals surface area contributed by atoms with Gasteiger partial charge in [0.2, 0.25) is 0 Å². The van der Waals surface area contributed by atoms with Gasteiger partial charge in [-0.25, -0.2) is 5.84 Å². The topological polar surface area (TPSA) is 58.7 Å². The lowest BCUT2D eigenvalue weighted by Crippen LogP contribution is -2.36. The highest BCUT2D eigenvalue weighted by molar-refractivity contribution is 5.10. The highest BCUT2D eigenvalue weighted by Gasteiger charge is 2.25. The zero-order valence-corrected chi connectivity index (χ0v) is 5.46. The Morgan fingerprint density at radius 3 is 2.33 bits per heavy atom. The molecule has 0 saturated heterocycles. The van der Waals surface area contributed by atoms with Crippen molar-refractivity contribution in [2.45, 2.75) is 20.1 Å². The van der Waals surface area contributed by atoms with E-state index in [0.29, 0.717) is 5.76 Å². The summed E-state index contributed by atoms with van der Waals surface area (Å²) in [6.07, 6.45) is -0.773. The number of allylic oxidation sites excluding steroid dienone is 1. The van der Waals surface area contributed by atoms with Gasteiger partial charge in [0.25, 0.3) is 0 Å². The minimum atomic E-state index is -0.773. The maximum atomic E-state index is 9.05. The van der Waals surface area contributed by atoms with Crippen LogP contribution in [0.25, 0.3) is 0 Å². The van der Waals surface area contributed by atoms with E-state index in [4.69, 9.17) is 15.8 Å². The van der Waals surface area contributed by atoms with Gasteiger partial charge in [0.1, 0.15) is 5.76 Å². The van der Waals surface area contributed by atoms with Crippen LogP contribution in [-0.2, 0) is 4.84 Å². The number of hydrogen-bond donors (Lipinski definition) is 2. The van der Waals surface area contributed by atoms with E-state index in [1.807, 2.05) is 0 Å². The smallest absolute Gasteiger partial charge is 0.181 e. The minimum absolute atomic E-state index is 0.671. The Balaban J connectivity index is 2.74. The van der Waals surface area contributed by atoms with Crippen molar-refractivity contribution in [2.75, 3.05) is 0 Å². The fourth-order valence-electron chi connectivity index (χ4n) is 0.653. The second-order valence-electron chi connectivity index (χ2n) is 2.06. The highest BCUT2D eigenvalue weighted by atomic mass is 16.7. The molecule has 0 spiro atoms. The number of hydrogen-bond acceptors (Lipinski definition) is 4. The Kier molecular flexibility index (Phi) is 1.44. The van der Waals surface area contributed by atoms with Crippen molar-refractivity contribution >= 4 is 0 Å². The first-order chi connectivity index (χ1) is 4.13. The summed E-state index contributed by atoms with van der Waals surface area (Å²) >= 11 is 0. The standard InChI is InChI=1S/C5H10N2O2/c1-3-4(2)9-7(6)5(3)8/h5,8H,6H2,1-2H3. The van der Waals surface area contributed by atoms with E-state index in [0.717, 1.165) is 10.7 Å². The minimum Gasteiger partial charge on any atom is -0.393 e. The molecule has 0 fully saturated rings. The lowest BCUT2D eigenvalue weighted by molar-refractivity contribution is -0.174. The summed E-state index contributed by atoms with van der Waals surface area (Å²) in [5.74, 6) is 5.85. The summed E-state index contributed by atoms with van der Waals surface area (Å²) in [6, 6.07) is 0. The third-order valence-electron chi connectivity index (χ3n) is 1.43. The zero-order valence-electron chi connectivity index (χ0n) is 5.46. The lowest BCUT2D eigenvalue weighted by atomic mass is 10.2. The Morgan fingerprint density at radius 2 is 2.22 bits per heavy atom. The predicted molar refractivity (Wildman–Crippen MR) is 31.5 cm³/mol. The first-order valence-corrected chi connectivity index (χ1v) is 2.70. The van der Waals surface area contributed by atoms with Gasteiger partial charge in [0.15, 0.2) is 6.23 Å². The van der Waals surface area contributed by atoms with Crippen molar-refractivity contribution in [1.82, 2.24) is 5.17 Å². The Bertz CT molecular complexity index is 155. The number of nitrogens with two attached hydrogens (primary N) is 1. The maximum Gasteiger partial charge on any atom is 0.181 e. The third-order valence-corrected chi connectivity index (χ3v) is 1.43. The van der Waals surface area contributed by atoms with Crippen LogP contribution < -0.4 is 5.84 Å². The van der Waals surface area contributed by atoms with Gasteiger partial charge in [0, 0.05) is 5.57 Å². The first-order valence-electron chi connectivity index (χ1n) is 2.70. The van der Waals surface area contributed by atoms with E-state index >= 15 is 0 Å². The average molecular weight is 130 g/mol. The van der Waals surface area contributed by atoms with Crippen LogP contribution in [0.3, 0.4) is 0 Å². The van der Waals surface area contributed by atoms with E-state index in [1.54, 1.807) is 13.8 Å². The molecule has 1 aliphatic rings. The van der Waals surface area contributed by atoms with Crippen LogP contribution >= 0.6 is 0 Å². The fraction of sp³-hybridized carbons (Fsp3) is 0.600. The van der Waals surface area contributed by atoms with Gasteiger partial charge < -0.3 is 9.94 Å². The molecular formula is C5H10N2O2. The third kappa shape index (κ3) is 0.917. The Hall–Kier alpha value is -0.580. The summed E-state index contributed by atoms with van der Waals surface area (Å²) in [5, 5.41) is 9.98. The quantitative estimate of drug-likeness (QED) is 0.443. The number of nitrogens with zero attached hydrogens (tertiary/aromatic N) is 1. The molecule has 0 aromatic carbocycles. The molecule has 0 aromatic rings. The maximum absolute atomic E-state index is 9.05. The van der Waals surface area contributed by atoms with Crippen LogP contribution in [0.1, 0.15) is 13.8 Å². The molecule has 0 bridgehead atoms. The molecule has 0 aromatic heterocycles. The van der Waals surface area contributed by atoms with Crippen molar-refractivity contribution in [2.24, 2.45) is 5.84 Å². The molecule has 4 nitrogen and oxygen atoms in total. The molecule has 1 heterocycles. The average Bonchev–Trinajstić information content (AvgIpc) is 1.98. The van der Waals surface area contributed by atoms with Crippen LogP contribution in [0.15, 0.2) is 11.3 Å². The van der Waals surface area contributed by atoms with E-state index in [9.17, 15) is 0 Å². The second-order valence-corrected chi connectivity index (χ2v) is 2.06. The molecular weight excluding hydrogens is 120 g/mol. The van der Waals surface area contributed by atoms with Crippen LogP contribution in [0.2, 0.25) is 0 Å². The Labute approximate surface area is 53.4 Å². The molecule has 3 N–H and O–H groups in total. The SMILES string of the molecule is CC1=C(C)C(O)N(N)O1. The van der Waals surface area contributed by atoms with Crippen LogP contribution in [-0.4, -0.2) is 16.5 Å². The molecule has 0 saturated carbocycles. The summed E-state index contributed by atoms with van der Waals surface area (Å²) in [4.78, 5) is 4.83. The van der Waals surface area contributed by atoms with E-state index in [2.05, 4.69) is 0 Å². The van der Waals surface area contributed by atoms with Crippen molar-refractivity contribution in [1.29, 1.82) is 0 Å². The van der Waals surface area contributed by atoms with Gasteiger partial charge in [-0.05, 0) is 19.0 Å². The monoisotopic (exact) mass is 130 g/mol. The van der Waals surface area contributed by atoms with E-state index in [1.165, 1.54) is 0 Å². The molecule has 0 amide bonds. The lowest BCUT2D eigenvalue weighted by Gasteiger charge is -2.11. The molecule has 0 aliphatic carbocycles. The van der Waals surface area contributed by atoms with Crippen LogP contribution in [0.5, 0.6) is 0 Å². The molecule has 1 atom stereocenters. The number of rotatable bonds is 0. The van der Waals surface area contributed by atoms with Gasteiger partial charge in [-0.15, -0.1) is 0 Å². The van der Waals surface area contributed by atoms with Crippen molar-refractivity contribution in [3.63, 3.8) is 0 Å². The van der Waals surface area contributed by atoms with Crippen molar-refractivity contribution < 1.29 is 9.94 Å². The van der Waals surface area contributed by atoms with E-state index < -0.39 is 6.23 Å². The fourth-order valence-corrected chi connectivity index (χ4v) is 0.653. The molecule has 9 heavy (non-hydrogen) atoms. The largest absolute Gasteiger partial charge is 0.393 e. The van der Waals surface area contributed by atoms with Crippen molar-refractivity contribution in [3.05, 3.63) is 11.3 Å². The summed E-state index contributed by atoms with van der Waals surface area (Å²) in [6.45, 7) is 3.53. The molecule has 1 rings (SSSR count). The van der Waals surface area contributed by atoms with Gasteiger partial charge >= 0.3 is 0 Å². The Morgan fingerprint density at radius 1 is 1.67 bits per heavy atom. The van der Waals surface area contributed by atoms with E-state index in [-0.39, 0.29) is 0 Å². The van der Waals surface area contributed by atoms with Gasteiger partial charge in [0.05, 0.1) is 0 Å². The molecule has 1 unspecified atom stereocenters. The normalized spacial score (nSPS) is 29.1.